The number of carbonyl (C=O) groups excluding carboxylic acids is 3. The molecule has 1 atom stereocenters. The molecule has 1 aliphatic carbocycles. The monoisotopic (exact) mass is 416 g/mol. The number of anilines is 1. The van der Waals surface area contributed by atoms with Crippen LogP contribution in [-0.2, 0) is 27.2 Å². The number of ether oxygens (including phenoxy) is 2. The summed E-state index contributed by atoms with van der Waals surface area (Å²) >= 11 is 1.35. The molecule has 0 fully saturated rings. The Kier molecular flexibility index (Phi) is 6.22. The predicted molar refractivity (Wildman–Crippen MR) is 110 cm³/mol. The zero-order valence-electron chi connectivity index (χ0n) is 16.7. The third-order valence-electron chi connectivity index (χ3n) is 4.76. The van der Waals surface area contributed by atoms with Crippen LogP contribution in [0.2, 0.25) is 0 Å². The zero-order chi connectivity index (χ0) is 21.1. The number of nitrogens with one attached hydrogen (secondary N) is 1. The summed E-state index contributed by atoms with van der Waals surface area (Å²) in [6.45, 7) is 5.02. The maximum Gasteiger partial charge on any atom is 0.344 e. The van der Waals surface area contributed by atoms with Crippen molar-refractivity contribution in [1.29, 1.82) is 0 Å². The van der Waals surface area contributed by atoms with Crippen molar-refractivity contribution in [2.24, 2.45) is 5.73 Å². The van der Waals surface area contributed by atoms with E-state index in [0.717, 1.165) is 40.8 Å². The molecule has 3 N–H and O–H groups in total. The van der Waals surface area contributed by atoms with E-state index in [4.69, 9.17) is 15.2 Å². The lowest BCUT2D eigenvalue weighted by Crippen LogP contribution is -2.32. The number of rotatable bonds is 7. The molecule has 1 aliphatic rings. The highest BCUT2D eigenvalue weighted by Crippen LogP contribution is 2.38. The number of aryl methyl sites for hydroxylation is 3. The van der Waals surface area contributed by atoms with Crippen molar-refractivity contribution in [3.63, 3.8) is 0 Å². The molecule has 3 rings (SSSR count). The fraction of sp³-hybridized carbons (Fsp3) is 0.381. The van der Waals surface area contributed by atoms with Gasteiger partial charge in [0, 0.05) is 4.88 Å². The highest BCUT2D eigenvalue weighted by atomic mass is 32.1. The van der Waals surface area contributed by atoms with Crippen LogP contribution < -0.4 is 15.8 Å². The Bertz CT molecular complexity index is 966. The molecule has 0 spiro atoms. The smallest absolute Gasteiger partial charge is 0.344 e. The minimum Gasteiger partial charge on any atom is -0.482 e. The molecule has 7 nitrogen and oxygen atoms in total. The second-order valence-electron chi connectivity index (χ2n) is 7.10. The third-order valence-corrected chi connectivity index (χ3v) is 5.97. The van der Waals surface area contributed by atoms with E-state index in [1.54, 1.807) is 6.07 Å². The Balaban J connectivity index is 1.57. The molecular formula is C21H24N2O5S. The van der Waals surface area contributed by atoms with Gasteiger partial charge in [-0.2, -0.15) is 0 Å². The van der Waals surface area contributed by atoms with Gasteiger partial charge in [-0.15, -0.1) is 11.3 Å². The number of nitrogens with two attached hydrogens (primary N) is 1. The van der Waals surface area contributed by atoms with E-state index >= 15 is 0 Å². The van der Waals surface area contributed by atoms with E-state index in [0.29, 0.717) is 16.3 Å². The summed E-state index contributed by atoms with van der Waals surface area (Å²) in [6, 6.07) is 5.62. The lowest BCUT2D eigenvalue weighted by molar-refractivity contribution is -0.155. The molecule has 2 amide bonds. The van der Waals surface area contributed by atoms with Gasteiger partial charge in [0.05, 0.1) is 5.56 Å². The largest absolute Gasteiger partial charge is 0.482 e. The number of benzene rings is 1. The van der Waals surface area contributed by atoms with E-state index in [-0.39, 0.29) is 6.61 Å². The average Bonchev–Trinajstić information content (AvgIpc) is 3.21. The molecule has 1 aromatic heterocycles. The minimum atomic E-state index is -1.04. The lowest BCUT2D eigenvalue weighted by Gasteiger charge is -2.14. The van der Waals surface area contributed by atoms with E-state index < -0.39 is 23.9 Å². The van der Waals surface area contributed by atoms with Gasteiger partial charge in [-0.3, -0.25) is 9.59 Å². The molecule has 8 heteroatoms. The quantitative estimate of drug-likeness (QED) is 0.675. The molecule has 154 valence electrons. The molecule has 0 saturated carbocycles. The molecule has 0 bridgehead atoms. The van der Waals surface area contributed by atoms with Gasteiger partial charge >= 0.3 is 5.97 Å². The van der Waals surface area contributed by atoms with E-state index in [1.165, 1.54) is 18.3 Å². The predicted octanol–water partition coefficient (Wildman–Crippen LogP) is 2.90. The highest BCUT2D eigenvalue weighted by molar-refractivity contribution is 7.17. The maximum atomic E-state index is 12.4. The number of fused-ring (bicyclic) bond motifs is 1. The Labute approximate surface area is 173 Å². The average molecular weight is 416 g/mol. The summed E-state index contributed by atoms with van der Waals surface area (Å²) in [4.78, 5) is 37.4. The fourth-order valence-corrected chi connectivity index (χ4v) is 4.65. The van der Waals surface area contributed by atoms with Gasteiger partial charge in [0.2, 0.25) is 0 Å². The molecule has 0 saturated heterocycles. The molecule has 0 aliphatic heterocycles. The summed E-state index contributed by atoms with van der Waals surface area (Å²) in [6.07, 6.45) is 1.59. The number of primary amides is 1. The zero-order valence-corrected chi connectivity index (χ0v) is 17.5. The van der Waals surface area contributed by atoms with Crippen LogP contribution in [0.5, 0.6) is 5.75 Å². The second-order valence-corrected chi connectivity index (χ2v) is 8.21. The SMILES string of the molecule is Cc1ccc(OCC(=O)O[C@@H](C)C(=O)Nc2sc3c(c2C(N)=O)CCC3)c(C)c1. The van der Waals surface area contributed by atoms with Gasteiger partial charge in [-0.25, -0.2) is 4.79 Å². The third kappa shape index (κ3) is 4.76. The Morgan fingerprint density at radius 2 is 2.00 bits per heavy atom. The molecule has 0 radical (unpaired) electrons. The Morgan fingerprint density at radius 3 is 2.69 bits per heavy atom. The van der Waals surface area contributed by atoms with Crippen LogP contribution in [0.25, 0.3) is 0 Å². The number of thiophene rings is 1. The summed E-state index contributed by atoms with van der Waals surface area (Å²) in [7, 11) is 0. The first-order chi connectivity index (χ1) is 13.8. The van der Waals surface area contributed by atoms with Crippen molar-refractivity contribution in [3.05, 3.63) is 45.3 Å². The van der Waals surface area contributed by atoms with E-state index in [1.807, 2.05) is 26.0 Å². The van der Waals surface area contributed by atoms with Crippen LogP contribution >= 0.6 is 11.3 Å². The van der Waals surface area contributed by atoms with E-state index in [2.05, 4.69) is 5.32 Å². The van der Waals surface area contributed by atoms with Crippen molar-refractivity contribution < 1.29 is 23.9 Å². The second kappa shape index (κ2) is 8.65. The number of carbonyl (C=O) groups is 3. The van der Waals surface area contributed by atoms with Crippen molar-refractivity contribution in [3.8, 4) is 5.75 Å². The van der Waals surface area contributed by atoms with Crippen LogP contribution in [0.1, 0.15) is 45.3 Å². The maximum absolute atomic E-state index is 12.4. The summed E-state index contributed by atoms with van der Waals surface area (Å²) in [5.41, 5.74) is 8.79. The molecular weight excluding hydrogens is 392 g/mol. The van der Waals surface area contributed by atoms with Crippen molar-refractivity contribution >= 4 is 34.1 Å². The van der Waals surface area contributed by atoms with Gasteiger partial charge < -0.3 is 20.5 Å². The van der Waals surface area contributed by atoms with Crippen molar-refractivity contribution in [1.82, 2.24) is 0 Å². The van der Waals surface area contributed by atoms with Gasteiger partial charge in [0.15, 0.2) is 12.7 Å². The Morgan fingerprint density at radius 1 is 1.24 bits per heavy atom. The van der Waals surface area contributed by atoms with E-state index in [9.17, 15) is 14.4 Å². The number of amides is 2. The lowest BCUT2D eigenvalue weighted by atomic mass is 10.1. The summed E-state index contributed by atoms with van der Waals surface area (Å²) in [5.74, 6) is -1.15. The molecule has 1 aromatic carbocycles. The van der Waals surface area contributed by atoms with Crippen LogP contribution in [0.4, 0.5) is 5.00 Å². The van der Waals surface area contributed by atoms with Gasteiger partial charge in [-0.05, 0) is 57.2 Å². The van der Waals surface area contributed by atoms with Crippen molar-refractivity contribution in [2.75, 3.05) is 11.9 Å². The topological polar surface area (TPSA) is 108 Å². The normalized spacial score (nSPS) is 13.5. The van der Waals surface area contributed by atoms with Gasteiger partial charge in [-0.1, -0.05) is 17.7 Å². The number of hydrogen-bond acceptors (Lipinski definition) is 6. The van der Waals surface area contributed by atoms with Crippen LogP contribution in [0, 0.1) is 13.8 Å². The Hall–Kier alpha value is -2.87. The van der Waals surface area contributed by atoms with Crippen LogP contribution in [0.3, 0.4) is 0 Å². The van der Waals surface area contributed by atoms with Crippen molar-refractivity contribution in [2.45, 2.75) is 46.1 Å². The summed E-state index contributed by atoms with van der Waals surface area (Å²) < 4.78 is 10.6. The molecule has 29 heavy (non-hydrogen) atoms. The van der Waals surface area contributed by atoms with Crippen LogP contribution in [0.15, 0.2) is 18.2 Å². The first-order valence-electron chi connectivity index (χ1n) is 9.41. The first kappa shape index (κ1) is 20.9. The van der Waals surface area contributed by atoms with Gasteiger partial charge in [0.25, 0.3) is 11.8 Å². The summed E-state index contributed by atoms with van der Waals surface area (Å²) in [5, 5.41) is 3.09. The standard InChI is InChI=1S/C21H24N2O5S/c1-11-7-8-15(12(2)9-11)27-10-17(24)28-13(3)20(26)23-21-18(19(22)25)14-5-4-6-16(14)29-21/h7-9,13H,4-6,10H2,1-3H3,(H2,22,25)(H,23,26)/t13-/m0/s1. The van der Waals surface area contributed by atoms with Crippen LogP contribution in [-0.4, -0.2) is 30.5 Å². The van der Waals surface area contributed by atoms with Gasteiger partial charge in [0.1, 0.15) is 10.8 Å². The number of hydrogen-bond donors (Lipinski definition) is 2. The number of esters is 1. The molecule has 2 aromatic rings. The molecule has 1 heterocycles. The minimum absolute atomic E-state index is 0.304. The molecule has 0 unspecified atom stereocenters. The highest BCUT2D eigenvalue weighted by Gasteiger charge is 2.27. The first-order valence-corrected chi connectivity index (χ1v) is 10.2. The fourth-order valence-electron chi connectivity index (χ4n) is 3.35.